The Bertz CT molecular complexity index is 705. The SMILES string of the molecule is CCC(=O)C(CC(=O)N1C(=O)CC(C)(C)c2ccccc21)C(C)=O. The van der Waals surface area contributed by atoms with Crippen molar-refractivity contribution in [3.63, 3.8) is 0 Å². The maximum atomic E-state index is 12.7. The molecule has 2 rings (SSSR count). The van der Waals surface area contributed by atoms with E-state index in [0.717, 1.165) is 10.5 Å². The first-order valence-electron chi connectivity index (χ1n) is 8.17. The molecule has 0 fully saturated rings. The van der Waals surface area contributed by atoms with Crippen LogP contribution in [0.3, 0.4) is 0 Å². The van der Waals surface area contributed by atoms with E-state index in [1.165, 1.54) is 6.92 Å². The van der Waals surface area contributed by atoms with Gasteiger partial charge in [0.15, 0.2) is 0 Å². The fourth-order valence-corrected chi connectivity index (χ4v) is 3.20. The van der Waals surface area contributed by atoms with Gasteiger partial charge in [0.2, 0.25) is 11.8 Å². The van der Waals surface area contributed by atoms with E-state index < -0.39 is 11.8 Å². The lowest BCUT2D eigenvalue weighted by atomic mass is 9.77. The lowest BCUT2D eigenvalue weighted by Gasteiger charge is -2.37. The highest BCUT2D eigenvalue weighted by Crippen LogP contribution is 2.40. The van der Waals surface area contributed by atoms with Gasteiger partial charge in [0.05, 0.1) is 11.6 Å². The molecular weight excluding hydrogens is 306 g/mol. The highest BCUT2D eigenvalue weighted by atomic mass is 16.2. The summed E-state index contributed by atoms with van der Waals surface area (Å²) >= 11 is 0. The molecule has 5 heteroatoms. The maximum Gasteiger partial charge on any atom is 0.234 e. The molecular formula is C19H23NO4. The number of nitrogens with zero attached hydrogens (tertiary/aromatic N) is 1. The highest BCUT2D eigenvalue weighted by molar-refractivity contribution is 6.18. The Labute approximate surface area is 142 Å². The number of hydrogen-bond donors (Lipinski definition) is 0. The van der Waals surface area contributed by atoms with Crippen LogP contribution >= 0.6 is 0 Å². The summed E-state index contributed by atoms with van der Waals surface area (Å²) in [6, 6.07) is 7.28. The molecule has 1 aliphatic rings. The zero-order chi connectivity index (χ0) is 18.1. The number of benzene rings is 1. The average Bonchev–Trinajstić information content (AvgIpc) is 2.51. The summed E-state index contributed by atoms with van der Waals surface area (Å²) in [5.41, 5.74) is 1.11. The summed E-state index contributed by atoms with van der Waals surface area (Å²) in [6.07, 6.45) is 0.139. The average molecular weight is 329 g/mol. The molecule has 0 saturated heterocycles. The van der Waals surface area contributed by atoms with E-state index in [-0.39, 0.29) is 42.2 Å². The third-order valence-electron chi connectivity index (χ3n) is 4.57. The fourth-order valence-electron chi connectivity index (χ4n) is 3.20. The van der Waals surface area contributed by atoms with Crippen molar-refractivity contribution in [2.45, 2.75) is 52.4 Å². The zero-order valence-electron chi connectivity index (χ0n) is 14.6. The van der Waals surface area contributed by atoms with Crippen LogP contribution in [0.2, 0.25) is 0 Å². The van der Waals surface area contributed by atoms with Crippen LogP contribution in [-0.2, 0) is 24.6 Å². The van der Waals surface area contributed by atoms with E-state index in [9.17, 15) is 19.2 Å². The Hall–Kier alpha value is -2.30. The molecule has 1 atom stereocenters. The normalized spacial score (nSPS) is 17.2. The molecule has 0 spiro atoms. The van der Waals surface area contributed by atoms with Crippen molar-refractivity contribution >= 4 is 29.1 Å². The molecule has 5 nitrogen and oxygen atoms in total. The van der Waals surface area contributed by atoms with E-state index in [2.05, 4.69) is 0 Å². The highest BCUT2D eigenvalue weighted by Gasteiger charge is 2.40. The molecule has 1 heterocycles. The predicted molar refractivity (Wildman–Crippen MR) is 90.7 cm³/mol. The standard InChI is InChI=1S/C19H23NO4/c1-5-16(22)13(12(2)21)10-17(23)20-15-9-7-6-8-14(15)19(3,4)11-18(20)24/h6-9,13H,5,10-11H2,1-4H3. The van der Waals surface area contributed by atoms with Crippen molar-refractivity contribution in [3.05, 3.63) is 29.8 Å². The lowest BCUT2D eigenvalue weighted by molar-refractivity contribution is -0.137. The molecule has 24 heavy (non-hydrogen) atoms. The number of hydrogen-bond acceptors (Lipinski definition) is 4. The summed E-state index contributed by atoms with van der Waals surface area (Å²) in [4.78, 5) is 50.0. The van der Waals surface area contributed by atoms with Gasteiger partial charge in [-0.3, -0.25) is 24.1 Å². The van der Waals surface area contributed by atoms with Crippen molar-refractivity contribution in [2.75, 3.05) is 4.90 Å². The molecule has 0 saturated carbocycles. The Morgan fingerprint density at radius 1 is 1.21 bits per heavy atom. The number of fused-ring (bicyclic) bond motifs is 1. The van der Waals surface area contributed by atoms with E-state index in [1.807, 2.05) is 26.0 Å². The number of imide groups is 1. The summed E-state index contributed by atoms with van der Waals surface area (Å²) in [5, 5.41) is 0. The third-order valence-corrected chi connectivity index (χ3v) is 4.57. The van der Waals surface area contributed by atoms with Gasteiger partial charge in [-0.05, 0) is 18.6 Å². The Balaban J connectivity index is 2.37. The van der Waals surface area contributed by atoms with Gasteiger partial charge in [-0.2, -0.15) is 0 Å². The van der Waals surface area contributed by atoms with E-state index >= 15 is 0 Å². The molecule has 2 amide bonds. The van der Waals surface area contributed by atoms with Gasteiger partial charge >= 0.3 is 0 Å². The van der Waals surface area contributed by atoms with Crippen molar-refractivity contribution < 1.29 is 19.2 Å². The zero-order valence-corrected chi connectivity index (χ0v) is 14.6. The molecule has 128 valence electrons. The van der Waals surface area contributed by atoms with Gasteiger partial charge < -0.3 is 0 Å². The van der Waals surface area contributed by atoms with Crippen LogP contribution in [0.1, 0.15) is 52.5 Å². The minimum absolute atomic E-state index is 0.190. The lowest BCUT2D eigenvalue weighted by Crippen LogP contribution is -2.46. The van der Waals surface area contributed by atoms with Crippen LogP contribution in [0.4, 0.5) is 5.69 Å². The van der Waals surface area contributed by atoms with Crippen LogP contribution < -0.4 is 4.90 Å². The topological polar surface area (TPSA) is 71.5 Å². The first-order valence-corrected chi connectivity index (χ1v) is 8.17. The first-order chi connectivity index (χ1) is 11.2. The van der Waals surface area contributed by atoms with Crippen LogP contribution in [0.15, 0.2) is 24.3 Å². The molecule has 0 N–H and O–H groups in total. The number of carbonyl (C=O) groups excluding carboxylic acids is 4. The smallest absolute Gasteiger partial charge is 0.234 e. The minimum atomic E-state index is -0.975. The Morgan fingerprint density at radius 3 is 2.42 bits per heavy atom. The van der Waals surface area contributed by atoms with Crippen molar-refractivity contribution in [2.24, 2.45) is 5.92 Å². The second kappa shape index (κ2) is 6.67. The Morgan fingerprint density at radius 2 is 1.83 bits per heavy atom. The number of carbonyl (C=O) groups is 4. The van der Waals surface area contributed by atoms with Gasteiger partial charge in [-0.1, -0.05) is 39.0 Å². The van der Waals surface area contributed by atoms with Gasteiger partial charge in [0.1, 0.15) is 11.6 Å². The molecule has 1 aromatic rings. The number of Topliss-reactive ketones (excluding diaryl/α,β-unsaturated/α-hetero) is 2. The largest absolute Gasteiger partial charge is 0.299 e. The quantitative estimate of drug-likeness (QED) is 0.779. The van der Waals surface area contributed by atoms with E-state index in [1.54, 1.807) is 19.1 Å². The number of para-hydroxylation sites is 1. The van der Waals surface area contributed by atoms with Crippen LogP contribution in [-0.4, -0.2) is 23.4 Å². The van der Waals surface area contributed by atoms with E-state index in [0.29, 0.717) is 5.69 Å². The van der Waals surface area contributed by atoms with Gasteiger partial charge in [0.25, 0.3) is 0 Å². The van der Waals surface area contributed by atoms with Crippen LogP contribution in [0, 0.1) is 5.92 Å². The number of rotatable bonds is 5. The fraction of sp³-hybridized carbons (Fsp3) is 0.474. The van der Waals surface area contributed by atoms with Crippen molar-refractivity contribution in [1.29, 1.82) is 0 Å². The summed E-state index contributed by atoms with van der Waals surface area (Å²) < 4.78 is 0. The monoisotopic (exact) mass is 329 g/mol. The molecule has 1 unspecified atom stereocenters. The number of anilines is 1. The van der Waals surface area contributed by atoms with Gasteiger partial charge in [-0.15, -0.1) is 0 Å². The first kappa shape index (κ1) is 18.0. The second-order valence-electron chi connectivity index (χ2n) is 6.89. The summed E-state index contributed by atoms with van der Waals surface area (Å²) in [5.74, 6) is -2.38. The van der Waals surface area contributed by atoms with Gasteiger partial charge in [0, 0.05) is 24.7 Å². The molecule has 1 aliphatic heterocycles. The molecule has 1 aromatic carbocycles. The van der Waals surface area contributed by atoms with Crippen molar-refractivity contribution in [3.8, 4) is 0 Å². The summed E-state index contributed by atoms with van der Waals surface area (Å²) in [7, 11) is 0. The van der Waals surface area contributed by atoms with Crippen LogP contribution in [0.5, 0.6) is 0 Å². The molecule has 0 aromatic heterocycles. The second-order valence-corrected chi connectivity index (χ2v) is 6.89. The third kappa shape index (κ3) is 3.30. The molecule has 0 radical (unpaired) electrons. The Kier molecular flexibility index (Phi) is 5.02. The maximum absolute atomic E-state index is 12.7. The van der Waals surface area contributed by atoms with Gasteiger partial charge in [-0.25, -0.2) is 0 Å². The summed E-state index contributed by atoms with van der Waals surface area (Å²) in [6.45, 7) is 6.89. The number of amides is 2. The minimum Gasteiger partial charge on any atom is -0.299 e. The predicted octanol–water partition coefficient (Wildman–Crippen LogP) is 2.80. The molecule has 0 bridgehead atoms. The van der Waals surface area contributed by atoms with Crippen molar-refractivity contribution in [1.82, 2.24) is 0 Å². The number of ketones is 2. The van der Waals surface area contributed by atoms with Crippen LogP contribution in [0.25, 0.3) is 0 Å². The van der Waals surface area contributed by atoms with E-state index in [4.69, 9.17) is 0 Å². The molecule has 0 aliphatic carbocycles.